The molecule has 3 aliphatic rings. The maximum absolute atomic E-state index is 10.8. The van der Waals surface area contributed by atoms with Gasteiger partial charge < -0.3 is 9.84 Å². The van der Waals surface area contributed by atoms with Gasteiger partial charge in [-0.05, 0) is 35.8 Å². The van der Waals surface area contributed by atoms with Gasteiger partial charge in [0.05, 0.1) is 11.7 Å². The highest BCUT2D eigenvalue weighted by Crippen LogP contribution is 2.73. The van der Waals surface area contributed by atoms with Crippen LogP contribution in [0.1, 0.15) is 36.5 Å². The summed E-state index contributed by atoms with van der Waals surface area (Å²) in [5.41, 5.74) is 2.28. The molecule has 3 nitrogen and oxygen atoms in total. The van der Waals surface area contributed by atoms with Crippen LogP contribution in [0.2, 0.25) is 0 Å². The van der Waals surface area contributed by atoms with Gasteiger partial charge in [-0.1, -0.05) is 24.3 Å². The minimum Gasteiger partial charge on any atom is -0.481 e. The number of rotatable bonds is 3. The molecule has 0 spiro atoms. The SMILES string of the molecule is O=C(O)CCC12O[C@H](c3ccccc31)C1CC12. The minimum absolute atomic E-state index is 0.199. The molecule has 1 saturated heterocycles. The van der Waals surface area contributed by atoms with Gasteiger partial charge in [0.15, 0.2) is 0 Å². The van der Waals surface area contributed by atoms with E-state index in [1.165, 1.54) is 17.5 Å². The Kier molecular flexibility index (Phi) is 1.65. The molecule has 3 unspecified atom stereocenters. The number of aliphatic carboxylic acids is 1. The van der Waals surface area contributed by atoms with Crippen LogP contribution in [0, 0.1) is 11.8 Å². The average molecular weight is 230 g/mol. The molecule has 17 heavy (non-hydrogen) atoms. The van der Waals surface area contributed by atoms with Gasteiger partial charge in [-0.25, -0.2) is 0 Å². The van der Waals surface area contributed by atoms with Crippen molar-refractivity contribution in [1.82, 2.24) is 0 Å². The lowest BCUT2D eigenvalue weighted by Gasteiger charge is -2.27. The number of ether oxygens (including phenoxy) is 1. The van der Waals surface area contributed by atoms with Crippen LogP contribution in [-0.2, 0) is 15.1 Å². The minimum atomic E-state index is -0.729. The van der Waals surface area contributed by atoms with Crippen LogP contribution in [0.25, 0.3) is 0 Å². The summed E-state index contributed by atoms with van der Waals surface area (Å²) < 4.78 is 6.18. The van der Waals surface area contributed by atoms with Crippen molar-refractivity contribution in [1.29, 1.82) is 0 Å². The zero-order valence-corrected chi connectivity index (χ0v) is 9.43. The average Bonchev–Trinajstić information content (AvgIpc) is 3.00. The van der Waals surface area contributed by atoms with Crippen LogP contribution in [0.4, 0.5) is 0 Å². The Morgan fingerprint density at radius 2 is 2.29 bits per heavy atom. The summed E-state index contributed by atoms with van der Waals surface area (Å²) in [5.74, 6) is 0.494. The van der Waals surface area contributed by atoms with Crippen molar-refractivity contribution in [3.05, 3.63) is 35.4 Å². The zero-order chi connectivity index (χ0) is 11.6. The number of fused-ring (bicyclic) bond motifs is 8. The maximum Gasteiger partial charge on any atom is 0.303 e. The lowest BCUT2D eigenvalue weighted by atomic mass is 9.79. The standard InChI is InChI=1S/C14H14O3/c15-12(16)5-6-14-10-4-2-1-3-8(10)13(17-14)9-7-11(9)14/h1-4,9,11,13H,5-7H2,(H,15,16)/t9?,11?,13-,14?/m1/s1. The first-order valence-corrected chi connectivity index (χ1v) is 6.21. The molecule has 1 aliphatic carbocycles. The Labute approximate surface area is 99.4 Å². The summed E-state index contributed by atoms with van der Waals surface area (Å²) in [5, 5.41) is 8.89. The Balaban J connectivity index is 1.77. The molecule has 1 saturated carbocycles. The molecule has 0 radical (unpaired) electrons. The summed E-state index contributed by atoms with van der Waals surface area (Å²) >= 11 is 0. The molecule has 1 N–H and O–H groups in total. The third-order valence-corrected chi connectivity index (χ3v) is 4.60. The molecular weight excluding hydrogens is 216 g/mol. The topological polar surface area (TPSA) is 46.5 Å². The normalized spacial score (nSPS) is 39.9. The van der Waals surface area contributed by atoms with Crippen molar-refractivity contribution < 1.29 is 14.6 Å². The van der Waals surface area contributed by atoms with Crippen LogP contribution in [0.5, 0.6) is 0 Å². The van der Waals surface area contributed by atoms with E-state index in [2.05, 4.69) is 12.1 Å². The molecule has 88 valence electrons. The van der Waals surface area contributed by atoms with E-state index in [1.807, 2.05) is 12.1 Å². The molecule has 2 fully saturated rings. The predicted molar refractivity (Wildman–Crippen MR) is 60.4 cm³/mol. The second-order valence-corrected chi connectivity index (χ2v) is 5.41. The highest BCUT2D eigenvalue weighted by Gasteiger charge is 2.69. The van der Waals surface area contributed by atoms with E-state index in [0.717, 1.165) is 0 Å². The quantitative estimate of drug-likeness (QED) is 0.867. The van der Waals surface area contributed by atoms with Crippen molar-refractivity contribution in [3.63, 3.8) is 0 Å². The molecular formula is C14H14O3. The molecule has 3 heteroatoms. The van der Waals surface area contributed by atoms with Crippen LogP contribution in [0.3, 0.4) is 0 Å². The molecule has 2 bridgehead atoms. The van der Waals surface area contributed by atoms with Gasteiger partial charge in [0.2, 0.25) is 0 Å². The number of carboxylic acid groups (broad SMARTS) is 1. The Bertz CT molecular complexity index is 510. The van der Waals surface area contributed by atoms with Crippen LogP contribution >= 0.6 is 0 Å². The number of hydrogen-bond donors (Lipinski definition) is 1. The number of hydrogen-bond acceptors (Lipinski definition) is 2. The predicted octanol–water partition coefficient (Wildman–Crippen LogP) is 2.47. The molecule has 0 amide bonds. The third-order valence-electron chi connectivity index (χ3n) is 4.60. The van der Waals surface area contributed by atoms with Crippen molar-refractivity contribution in [2.75, 3.05) is 0 Å². The molecule has 1 aromatic rings. The molecule has 0 aromatic heterocycles. The second-order valence-electron chi connectivity index (χ2n) is 5.41. The first kappa shape index (κ1) is 9.66. The fourth-order valence-electron chi connectivity index (χ4n) is 3.85. The summed E-state index contributed by atoms with van der Waals surface area (Å²) in [6, 6.07) is 8.33. The number of benzene rings is 1. The summed E-state index contributed by atoms with van der Waals surface area (Å²) in [7, 11) is 0. The van der Waals surface area contributed by atoms with Crippen LogP contribution in [-0.4, -0.2) is 11.1 Å². The van der Waals surface area contributed by atoms with Crippen LogP contribution in [0.15, 0.2) is 24.3 Å². The fourth-order valence-corrected chi connectivity index (χ4v) is 3.85. The van der Waals surface area contributed by atoms with Gasteiger partial charge in [0, 0.05) is 6.42 Å². The number of carbonyl (C=O) groups is 1. The van der Waals surface area contributed by atoms with Crippen molar-refractivity contribution in [3.8, 4) is 0 Å². The van der Waals surface area contributed by atoms with E-state index in [-0.39, 0.29) is 18.1 Å². The van der Waals surface area contributed by atoms with Gasteiger partial charge in [-0.15, -0.1) is 0 Å². The van der Waals surface area contributed by atoms with E-state index in [1.54, 1.807) is 0 Å². The van der Waals surface area contributed by atoms with E-state index in [9.17, 15) is 4.79 Å². The van der Waals surface area contributed by atoms with E-state index >= 15 is 0 Å². The molecule has 1 aromatic carbocycles. The molecule has 4 rings (SSSR count). The first-order chi connectivity index (χ1) is 8.22. The van der Waals surface area contributed by atoms with Gasteiger partial charge in [0.1, 0.15) is 0 Å². The largest absolute Gasteiger partial charge is 0.481 e. The smallest absolute Gasteiger partial charge is 0.303 e. The van der Waals surface area contributed by atoms with Gasteiger partial charge in [-0.2, -0.15) is 0 Å². The Morgan fingerprint density at radius 1 is 1.47 bits per heavy atom. The number of carboxylic acids is 1. The second kappa shape index (κ2) is 2.91. The third kappa shape index (κ3) is 1.08. The van der Waals surface area contributed by atoms with Gasteiger partial charge >= 0.3 is 5.97 Å². The van der Waals surface area contributed by atoms with E-state index in [0.29, 0.717) is 18.3 Å². The fraction of sp³-hybridized carbons (Fsp3) is 0.500. The lowest BCUT2D eigenvalue weighted by Crippen LogP contribution is -2.27. The molecule has 4 atom stereocenters. The monoisotopic (exact) mass is 230 g/mol. The summed E-state index contributed by atoms with van der Waals surface area (Å²) in [4.78, 5) is 10.8. The zero-order valence-electron chi connectivity index (χ0n) is 9.43. The highest BCUT2D eigenvalue weighted by atomic mass is 16.5. The summed E-state index contributed by atoms with van der Waals surface area (Å²) in [6.45, 7) is 0. The van der Waals surface area contributed by atoms with Crippen molar-refractivity contribution >= 4 is 5.97 Å². The van der Waals surface area contributed by atoms with Gasteiger partial charge in [0.25, 0.3) is 0 Å². The van der Waals surface area contributed by atoms with E-state index < -0.39 is 5.97 Å². The van der Waals surface area contributed by atoms with Crippen molar-refractivity contribution in [2.24, 2.45) is 11.8 Å². The molecule has 2 heterocycles. The maximum atomic E-state index is 10.8. The molecule has 2 aliphatic heterocycles. The highest BCUT2D eigenvalue weighted by molar-refractivity contribution is 5.67. The van der Waals surface area contributed by atoms with Gasteiger partial charge in [-0.3, -0.25) is 4.79 Å². The van der Waals surface area contributed by atoms with E-state index in [4.69, 9.17) is 9.84 Å². The summed E-state index contributed by atoms with van der Waals surface area (Å²) in [6.07, 6.45) is 2.27. The first-order valence-electron chi connectivity index (χ1n) is 6.21. The lowest BCUT2D eigenvalue weighted by molar-refractivity contribution is -0.139. The van der Waals surface area contributed by atoms with Crippen molar-refractivity contribution in [2.45, 2.75) is 31.0 Å². The Hall–Kier alpha value is -1.35. The van der Waals surface area contributed by atoms with Crippen LogP contribution < -0.4 is 0 Å². The Morgan fingerprint density at radius 3 is 3.12 bits per heavy atom.